The van der Waals surface area contributed by atoms with Gasteiger partial charge in [-0.25, -0.2) is 13.8 Å². The fourth-order valence-electron chi connectivity index (χ4n) is 3.20. The van der Waals surface area contributed by atoms with Gasteiger partial charge in [0, 0.05) is 11.5 Å². The largest absolute Gasteiger partial charge is 0.328 e. The lowest BCUT2D eigenvalue weighted by Gasteiger charge is -2.27. The third-order valence-corrected chi connectivity index (χ3v) is 5.57. The Labute approximate surface area is 179 Å². The van der Waals surface area contributed by atoms with Gasteiger partial charge in [0.15, 0.2) is 5.82 Å². The highest BCUT2D eigenvalue weighted by Gasteiger charge is 2.17. The van der Waals surface area contributed by atoms with Crippen molar-refractivity contribution in [3.63, 3.8) is 0 Å². The second kappa shape index (κ2) is 8.39. The summed E-state index contributed by atoms with van der Waals surface area (Å²) in [5.41, 5.74) is 2.39. The van der Waals surface area contributed by atoms with Gasteiger partial charge in [-0.2, -0.15) is 10.2 Å². The van der Waals surface area contributed by atoms with E-state index in [4.69, 9.17) is 0 Å². The van der Waals surface area contributed by atoms with Crippen molar-refractivity contribution in [1.29, 1.82) is 0 Å². The van der Waals surface area contributed by atoms with Crippen LogP contribution in [0.5, 0.6) is 0 Å². The van der Waals surface area contributed by atoms with Crippen LogP contribution in [-0.4, -0.2) is 57.0 Å². The van der Waals surface area contributed by atoms with E-state index in [9.17, 15) is 8.78 Å². The molecule has 31 heavy (non-hydrogen) atoms. The second-order valence-corrected chi connectivity index (χ2v) is 8.20. The van der Waals surface area contributed by atoms with Crippen molar-refractivity contribution < 1.29 is 13.3 Å². The first kappa shape index (κ1) is 20.9. The summed E-state index contributed by atoms with van der Waals surface area (Å²) < 4.78 is 28.7. The van der Waals surface area contributed by atoms with Crippen LogP contribution >= 0.6 is 0 Å². The molecule has 0 saturated carbocycles. The number of fused-ring (bicyclic) bond motifs is 1. The van der Waals surface area contributed by atoms with Crippen LogP contribution in [-0.2, 0) is 6.42 Å². The lowest BCUT2D eigenvalue weighted by atomic mass is 10.1. The van der Waals surface area contributed by atoms with Gasteiger partial charge in [-0.1, -0.05) is 18.2 Å². The molecule has 8 heteroatoms. The first-order chi connectivity index (χ1) is 14.8. The maximum atomic E-state index is 14.7. The van der Waals surface area contributed by atoms with Crippen molar-refractivity contribution in [2.75, 3.05) is 27.2 Å². The number of nitrogens with zero attached hydrogens (tertiary/aromatic N) is 4. The zero-order valence-corrected chi connectivity index (χ0v) is 17.8. The number of benzene rings is 2. The van der Waals surface area contributed by atoms with Crippen LogP contribution in [0.25, 0.3) is 34.4 Å². The van der Waals surface area contributed by atoms with Gasteiger partial charge in [-0.05, 0) is 36.8 Å². The quantitative estimate of drug-likeness (QED) is 0.432. The summed E-state index contributed by atoms with van der Waals surface area (Å²) in [5.74, 6) is 0.356. The van der Waals surface area contributed by atoms with Crippen LogP contribution in [0.4, 0.5) is 8.78 Å². The van der Waals surface area contributed by atoms with Crippen LogP contribution in [0.15, 0.2) is 36.4 Å². The molecule has 6 nitrogen and oxygen atoms in total. The zero-order chi connectivity index (χ0) is 22.0. The Bertz CT molecular complexity index is 1220. The van der Waals surface area contributed by atoms with Gasteiger partial charge in [0.05, 0.1) is 50.4 Å². The van der Waals surface area contributed by atoms with Crippen molar-refractivity contribution in [1.82, 2.24) is 25.4 Å². The first-order valence-electron chi connectivity index (χ1n) is 10.2. The van der Waals surface area contributed by atoms with E-state index in [0.29, 0.717) is 22.6 Å². The highest BCUT2D eigenvalue weighted by Crippen LogP contribution is 2.27. The number of halogens is 2. The number of hydrogen-bond acceptors (Lipinski definition) is 3. The number of nitrogens with one attached hydrogen (secondary N) is 2. The molecule has 0 fully saturated rings. The van der Waals surface area contributed by atoms with E-state index in [1.54, 1.807) is 18.2 Å². The Balaban J connectivity index is 1.61. The first-order valence-corrected chi connectivity index (χ1v) is 10.2. The van der Waals surface area contributed by atoms with Gasteiger partial charge >= 0.3 is 0 Å². The van der Waals surface area contributed by atoms with Crippen molar-refractivity contribution in [2.45, 2.75) is 13.3 Å². The van der Waals surface area contributed by atoms with E-state index in [1.807, 2.05) is 12.2 Å². The number of aromatic amines is 2. The second-order valence-electron chi connectivity index (χ2n) is 8.20. The smallest absolute Gasteiger partial charge is 0.184 e. The molecular formula is C23H25F2N6+. The standard InChI is InChI=1S/C23H25F2N6/c1-4-31(2,3)12-11-22-26-23(30-29-22)17-13-18-20(27-28-21(18)14-19(17)25)10-7-15-5-8-16(24)9-6-15/h5-10,13-14H,4,11-12H2,1-3H3,(H,27,28)(H,26,29,30)/q+1. The number of likely N-dealkylation sites (N-methyl/N-ethyl adjacent to an activating group) is 1. The molecule has 0 aliphatic heterocycles. The average molecular weight is 423 g/mol. The van der Waals surface area contributed by atoms with Crippen molar-refractivity contribution in [3.05, 3.63) is 65.1 Å². The predicted octanol–water partition coefficient (Wildman–Crippen LogP) is 4.44. The fourth-order valence-corrected chi connectivity index (χ4v) is 3.20. The molecule has 2 aromatic carbocycles. The number of H-pyrrole nitrogens is 2. The Morgan fingerprint density at radius 3 is 2.52 bits per heavy atom. The molecule has 160 valence electrons. The third-order valence-electron chi connectivity index (χ3n) is 5.57. The molecule has 0 unspecified atom stereocenters. The maximum absolute atomic E-state index is 14.7. The van der Waals surface area contributed by atoms with Crippen LogP contribution < -0.4 is 0 Å². The van der Waals surface area contributed by atoms with Gasteiger partial charge in [-0.15, -0.1) is 0 Å². The highest BCUT2D eigenvalue weighted by atomic mass is 19.1. The molecule has 4 rings (SSSR count). The molecular weight excluding hydrogens is 398 g/mol. The minimum absolute atomic E-state index is 0.287. The minimum Gasteiger partial charge on any atom is -0.328 e. The average Bonchev–Trinajstić information content (AvgIpc) is 3.38. The zero-order valence-electron chi connectivity index (χ0n) is 17.8. The monoisotopic (exact) mass is 423 g/mol. The molecule has 2 N–H and O–H groups in total. The number of hydrogen-bond donors (Lipinski definition) is 2. The van der Waals surface area contributed by atoms with Crippen molar-refractivity contribution >= 4 is 23.1 Å². The lowest BCUT2D eigenvalue weighted by molar-refractivity contribution is -0.888. The normalized spacial score (nSPS) is 12.3. The lowest BCUT2D eigenvalue weighted by Crippen LogP contribution is -2.40. The molecule has 4 aromatic rings. The van der Waals surface area contributed by atoms with Gasteiger partial charge < -0.3 is 4.48 Å². The van der Waals surface area contributed by atoms with Crippen molar-refractivity contribution in [2.24, 2.45) is 0 Å². The molecule has 0 aliphatic carbocycles. The summed E-state index contributed by atoms with van der Waals surface area (Å²) in [7, 11) is 4.32. The summed E-state index contributed by atoms with van der Waals surface area (Å²) in [5, 5.41) is 15.0. The van der Waals surface area contributed by atoms with Crippen LogP contribution in [0, 0.1) is 11.6 Å². The molecule has 2 heterocycles. The number of aromatic nitrogens is 5. The Kier molecular flexibility index (Phi) is 5.65. The molecule has 0 amide bonds. The molecule has 0 atom stereocenters. The van der Waals surface area contributed by atoms with Crippen molar-refractivity contribution in [3.8, 4) is 11.4 Å². The van der Waals surface area contributed by atoms with Gasteiger partial charge in [-0.3, -0.25) is 10.2 Å². The maximum Gasteiger partial charge on any atom is 0.184 e. The van der Waals surface area contributed by atoms with E-state index >= 15 is 0 Å². The van der Waals surface area contributed by atoms with Gasteiger partial charge in [0.25, 0.3) is 0 Å². The van der Waals surface area contributed by atoms with Crippen LogP contribution in [0.2, 0.25) is 0 Å². The van der Waals surface area contributed by atoms with E-state index in [-0.39, 0.29) is 5.82 Å². The Morgan fingerprint density at radius 1 is 1.00 bits per heavy atom. The van der Waals surface area contributed by atoms with E-state index in [2.05, 4.69) is 46.4 Å². The highest BCUT2D eigenvalue weighted by molar-refractivity contribution is 5.92. The van der Waals surface area contributed by atoms with Crippen LogP contribution in [0.3, 0.4) is 0 Å². The van der Waals surface area contributed by atoms with Gasteiger partial charge in [0.1, 0.15) is 17.5 Å². The molecule has 0 radical (unpaired) electrons. The number of quaternary nitrogens is 1. The summed E-state index contributed by atoms with van der Waals surface area (Å²) >= 11 is 0. The summed E-state index contributed by atoms with van der Waals surface area (Å²) in [6.07, 6.45) is 4.37. The Hall–Kier alpha value is -3.39. The fraction of sp³-hybridized carbons (Fsp3) is 0.261. The molecule has 0 saturated heterocycles. The topological polar surface area (TPSA) is 70.2 Å². The number of rotatable bonds is 7. The van der Waals surface area contributed by atoms with E-state index in [1.165, 1.54) is 18.2 Å². The SMILES string of the molecule is CC[N+](C)(C)CCc1nc(-c2cc3c(C=Cc4ccc(F)cc4)n[nH]c3cc2F)n[nH]1. The molecule has 0 spiro atoms. The van der Waals surface area contributed by atoms with Crippen LogP contribution in [0.1, 0.15) is 24.0 Å². The third kappa shape index (κ3) is 4.69. The molecule has 0 aliphatic rings. The van der Waals surface area contributed by atoms with Gasteiger partial charge in [0.2, 0.25) is 0 Å². The predicted molar refractivity (Wildman–Crippen MR) is 118 cm³/mol. The Morgan fingerprint density at radius 2 is 1.77 bits per heavy atom. The summed E-state index contributed by atoms with van der Waals surface area (Å²) in [6, 6.07) is 9.27. The summed E-state index contributed by atoms with van der Waals surface area (Å²) in [4.78, 5) is 4.50. The molecule has 0 bridgehead atoms. The van der Waals surface area contributed by atoms with E-state index in [0.717, 1.165) is 40.8 Å². The van der Waals surface area contributed by atoms with E-state index < -0.39 is 5.82 Å². The minimum atomic E-state index is -0.416. The summed E-state index contributed by atoms with van der Waals surface area (Å²) in [6.45, 7) is 4.07. The molecule has 2 aromatic heterocycles.